The van der Waals surface area contributed by atoms with Gasteiger partial charge in [0.25, 0.3) is 0 Å². The summed E-state index contributed by atoms with van der Waals surface area (Å²) in [5.41, 5.74) is 0. The molecule has 0 saturated carbocycles. The number of rotatable bonds is 3. The molecule has 0 spiro atoms. The second kappa shape index (κ2) is 4.50. The highest BCUT2D eigenvalue weighted by Crippen LogP contribution is 2.31. The molecule has 0 radical (unpaired) electrons. The predicted molar refractivity (Wildman–Crippen MR) is 55.0 cm³/mol. The van der Waals surface area contributed by atoms with Crippen molar-refractivity contribution in [2.75, 3.05) is 5.75 Å². The summed E-state index contributed by atoms with van der Waals surface area (Å²) >= 11 is 1.51. The second-order valence-electron chi connectivity index (χ2n) is 3.00. The third-order valence-electron chi connectivity index (χ3n) is 2.16. The third-order valence-corrected chi connectivity index (χ3v) is 3.61. The van der Waals surface area contributed by atoms with Crippen molar-refractivity contribution < 1.29 is 14.7 Å². The molecule has 0 aliphatic carbocycles. The van der Waals surface area contributed by atoms with E-state index >= 15 is 0 Å². The van der Waals surface area contributed by atoms with Gasteiger partial charge < -0.3 is 10.0 Å². The van der Waals surface area contributed by atoms with Crippen molar-refractivity contribution in [3.63, 3.8) is 0 Å². The number of hydrogen-bond acceptors (Lipinski definition) is 3. The number of hydrogen-bond donors (Lipinski definition) is 1. The molecule has 14 heavy (non-hydrogen) atoms. The van der Waals surface area contributed by atoms with Gasteiger partial charge in [-0.15, -0.1) is 11.8 Å². The lowest BCUT2D eigenvalue weighted by molar-refractivity contribution is -0.147. The summed E-state index contributed by atoms with van der Waals surface area (Å²) in [7, 11) is 0. The maximum absolute atomic E-state index is 11.4. The number of carboxylic acids is 1. The number of aliphatic carboxylic acids is 1. The van der Waals surface area contributed by atoms with Gasteiger partial charge in [-0.1, -0.05) is 13.5 Å². The minimum Gasteiger partial charge on any atom is -0.480 e. The maximum atomic E-state index is 11.4. The lowest BCUT2D eigenvalue weighted by atomic mass is 10.2. The Bertz CT molecular complexity index is 267. The Morgan fingerprint density at radius 2 is 2.36 bits per heavy atom. The fraction of sp³-hybridized carbons (Fsp3) is 0.556. The van der Waals surface area contributed by atoms with Crippen LogP contribution in [0.15, 0.2) is 12.7 Å². The number of carboxylic acid groups (broad SMARTS) is 1. The van der Waals surface area contributed by atoms with Gasteiger partial charge >= 0.3 is 5.97 Å². The summed E-state index contributed by atoms with van der Waals surface area (Å²) in [5, 5.41) is 8.87. The standard InChI is InChI=1S/C9H13NO3S/c1-3-7(11)10-6(9(12)13)5-14-8(10)4-2/h3,6,8H,1,4-5H2,2H3,(H,12,13). The molecule has 1 N–H and O–H groups in total. The van der Waals surface area contributed by atoms with Crippen molar-refractivity contribution in [1.29, 1.82) is 0 Å². The number of nitrogens with zero attached hydrogens (tertiary/aromatic N) is 1. The van der Waals surface area contributed by atoms with Crippen LogP contribution in [0.5, 0.6) is 0 Å². The van der Waals surface area contributed by atoms with Crippen molar-refractivity contribution in [3.8, 4) is 0 Å². The highest BCUT2D eigenvalue weighted by atomic mass is 32.2. The zero-order chi connectivity index (χ0) is 10.7. The maximum Gasteiger partial charge on any atom is 0.327 e. The average molecular weight is 215 g/mol. The third kappa shape index (κ3) is 1.92. The molecule has 5 heteroatoms. The van der Waals surface area contributed by atoms with Crippen LogP contribution in [-0.2, 0) is 9.59 Å². The van der Waals surface area contributed by atoms with Gasteiger partial charge in [0.1, 0.15) is 6.04 Å². The smallest absolute Gasteiger partial charge is 0.327 e. The van der Waals surface area contributed by atoms with Crippen LogP contribution in [0.2, 0.25) is 0 Å². The van der Waals surface area contributed by atoms with Crippen LogP contribution in [0.25, 0.3) is 0 Å². The van der Waals surface area contributed by atoms with Crippen LogP contribution in [0.4, 0.5) is 0 Å². The summed E-state index contributed by atoms with van der Waals surface area (Å²) in [4.78, 5) is 23.7. The second-order valence-corrected chi connectivity index (χ2v) is 4.21. The Kier molecular flexibility index (Phi) is 3.57. The first-order valence-corrected chi connectivity index (χ1v) is 5.45. The highest BCUT2D eigenvalue weighted by Gasteiger charge is 2.39. The van der Waals surface area contributed by atoms with Gasteiger partial charge in [-0.05, 0) is 12.5 Å². The lowest BCUT2D eigenvalue weighted by Gasteiger charge is -2.24. The SMILES string of the molecule is C=CC(=O)N1C(CC)SCC1C(=O)O. The zero-order valence-corrected chi connectivity index (χ0v) is 8.79. The molecule has 2 unspecified atom stereocenters. The fourth-order valence-corrected chi connectivity index (χ4v) is 2.82. The van der Waals surface area contributed by atoms with Gasteiger partial charge in [-0.3, -0.25) is 4.79 Å². The van der Waals surface area contributed by atoms with E-state index in [0.29, 0.717) is 5.75 Å². The molecule has 1 aliphatic heterocycles. The van der Waals surface area contributed by atoms with Gasteiger partial charge in [0.2, 0.25) is 5.91 Å². The first-order valence-electron chi connectivity index (χ1n) is 4.41. The quantitative estimate of drug-likeness (QED) is 0.712. The minimum absolute atomic E-state index is 0.0263. The van der Waals surface area contributed by atoms with E-state index in [0.717, 1.165) is 6.42 Å². The van der Waals surface area contributed by atoms with Crippen molar-refractivity contribution in [2.24, 2.45) is 0 Å². The highest BCUT2D eigenvalue weighted by molar-refractivity contribution is 8.00. The Hall–Kier alpha value is -0.970. The van der Waals surface area contributed by atoms with Crippen molar-refractivity contribution in [3.05, 3.63) is 12.7 Å². The van der Waals surface area contributed by atoms with E-state index < -0.39 is 12.0 Å². The molecule has 0 aromatic heterocycles. The Morgan fingerprint density at radius 1 is 1.71 bits per heavy atom. The molecule has 0 aromatic carbocycles. The summed E-state index contributed by atoms with van der Waals surface area (Å²) in [6.07, 6.45) is 1.93. The van der Waals surface area contributed by atoms with E-state index in [9.17, 15) is 9.59 Å². The van der Waals surface area contributed by atoms with Gasteiger partial charge in [-0.2, -0.15) is 0 Å². The van der Waals surface area contributed by atoms with E-state index in [4.69, 9.17) is 5.11 Å². The summed E-state index contributed by atoms with van der Waals surface area (Å²) < 4.78 is 0. The van der Waals surface area contributed by atoms with Crippen LogP contribution < -0.4 is 0 Å². The zero-order valence-electron chi connectivity index (χ0n) is 7.97. The molecule has 4 nitrogen and oxygen atoms in total. The van der Waals surface area contributed by atoms with Crippen LogP contribution in [0, 0.1) is 0 Å². The molecule has 1 aliphatic rings. The molecule has 78 valence electrons. The molecule has 2 atom stereocenters. The Labute approximate surface area is 87.0 Å². The average Bonchev–Trinajstić information content (AvgIpc) is 2.59. The molecule has 0 aromatic rings. The van der Waals surface area contributed by atoms with Crippen LogP contribution in [0.1, 0.15) is 13.3 Å². The van der Waals surface area contributed by atoms with Gasteiger partial charge in [-0.25, -0.2) is 4.79 Å². The Balaban J connectivity index is 2.85. The van der Waals surface area contributed by atoms with Gasteiger partial charge in [0.15, 0.2) is 0 Å². The lowest BCUT2D eigenvalue weighted by Crippen LogP contribution is -2.44. The van der Waals surface area contributed by atoms with Crippen molar-refractivity contribution in [1.82, 2.24) is 4.90 Å². The van der Waals surface area contributed by atoms with Crippen LogP contribution >= 0.6 is 11.8 Å². The van der Waals surface area contributed by atoms with Crippen molar-refractivity contribution >= 4 is 23.6 Å². The topological polar surface area (TPSA) is 57.6 Å². The molecule has 1 rings (SSSR count). The monoisotopic (exact) mass is 215 g/mol. The fourth-order valence-electron chi connectivity index (χ4n) is 1.47. The summed E-state index contributed by atoms with van der Waals surface area (Å²) in [6.45, 7) is 5.31. The van der Waals surface area contributed by atoms with E-state index in [1.165, 1.54) is 22.7 Å². The molecular formula is C9H13NO3S. The largest absolute Gasteiger partial charge is 0.480 e. The normalized spacial score (nSPS) is 26.2. The van der Waals surface area contributed by atoms with E-state index in [1.54, 1.807) is 0 Å². The molecule has 0 bridgehead atoms. The Morgan fingerprint density at radius 3 is 2.79 bits per heavy atom. The molecule has 1 amide bonds. The molecule has 1 fully saturated rings. The van der Waals surface area contributed by atoms with E-state index in [1.807, 2.05) is 6.92 Å². The molecular weight excluding hydrogens is 202 g/mol. The van der Waals surface area contributed by atoms with E-state index in [-0.39, 0.29) is 11.3 Å². The van der Waals surface area contributed by atoms with Crippen molar-refractivity contribution in [2.45, 2.75) is 24.8 Å². The first kappa shape index (κ1) is 11.1. The number of amides is 1. The van der Waals surface area contributed by atoms with Gasteiger partial charge in [0, 0.05) is 5.75 Å². The van der Waals surface area contributed by atoms with Gasteiger partial charge in [0.05, 0.1) is 5.37 Å². The van der Waals surface area contributed by atoms with Crippen LogP contribution in [0.3, 0.4) is 0 Å². The van der Waals surface area contributed by atoms with Crippen LogP contribution in [-0.4, -0.2) is 39.1 Å². The number of thioether (sulfide) groups is 1. The number of carbonyl (C=O) groups excluding carboxylic acids is 1. The number of carbonyl (C=O) groups is 2. The predicted octanol–water partition coefficient (Wildman–Crippen LogP) is 0.937. The summed E-state index contributed by atoms with van der Waals surface area (Å²) in [5.74, 6) is -0.772. The minimum atomic E-state index is -0.941. The molecule has 1 saturated heterocycles. The summed E-state index contributed by atoms with van der Waals surface area (Å²) in [6, 6.07) is -0.699. The molecule has 1 heterocycles. The first-order chi connectivity index (χ1) is 6.61. The van der Waals surface area contributed by atoms with E-state index in [2.05, 4.69) is 6.58 Å².